The zero-order chi connectivity index (χ0) is 31.9. The maximum Gasteiger partial charge on any atom is 0.352 e. The summed E-state index contributed by atoms with van der Waals surface area (Å²) in [6.07, 6.45) is 2.94. The van der Waals surface area contributed by atoms with Crippen LogP contribution >= 0.6 is 34.9 Å². The molecule has 17 nitrogen and oxygen atoms in total. The molecule has 0 spiro atoms. The van der Waals surface area contributed by atoms with Crippen LogP contribution in [0.25, 0.3) is 6.20 Å². The number of benzene rings is 1. The number of para-hydroxylation sites is 1. The number of carbonyl (C=O) groups is 5. The summed E-state index contributed by atoms with van der Waals surface area (Å²) in [4.78, 5) is 71.2. The highest BCUT2D eigenvalue weighted by Crippen LogP contribution is 2.41. The quantitative estimate of drug-likeness (QED) is 0.0615. The van der Waals surface area contributed by atoms with Gasteiger partial charge in [0.25, 0.3) is 11.8 Å². The number of oxime groups is 1. The van der Waals surface area contributed by atoms with Crippen molar-refractivity contribution < 1.29 is 39.0 Å². The van der Waals surface area contributed by atoms with Gasteiger partial charge in [0.2, 0.25) is 11.6 Å². The molecule has 45 heavy (non-hydrogen) atoms. The molecule has 0 saturated carbocycles. The number of nitrogens with one attached hydrogen (secondary N) is 2. The van der Waals surface area contributed by atoms with E-state index in [1.165, 1.54) is 34.1 Å². The SMILES string of the molecule is O=CNc1nc(/C(=N/Oc2ccccc2)C(=O)NC2C(=O)N3C(C(=O)O)=C(CSc4nnnn4/C=C/CC(=O)O)CS[C@H]23)cs1. The Morgan fingerprint density at radius 2 is 2.02 bits per heavy atom. The van der Waals surface area contributed by atoms with Gasteiger partial charge >= 0.3 is 11.9 Å². The molecule has 3 aromatic rings. The Kier molecular flexibility index (Phi) is 9.85. The van der Waals surface area contributed by atoms with Gasteiger partial charge in [-0.25, -0.2) is 9.78 Å². The van der Waals surface area contributed by atoms with E-state index in [1.807, 2.05) is 0 Å². The van der Waals surface area contributed by atoms with Crippen LogP contribution in [0.3, 0.4) is 0 Å². The van der Waals surface area contributed by atoms with Crippen molar-refractivity contribution >= 4 is 82.1 Å². The molecule has 0 aliphatic carbocycles. The molecule has 4 N–H and O–H groups in total. The summed E-state index contributed by atoms with van der Waals surface area (Å²) in [6.45, 7) is 0. The van der Waals surface area contributed by atoms with Crippen molar-refractivity contribution in [1.82, 2.24) is 35.4 Å². The highest BCUT2D eigenvalue weighted by Gasteiger charge is 2.54. The first-order valence-corrected chi connectivity index (χ1v) is 15.6. The maximum atomic E-state index is 13.4. The van der Waals surface area contributed by atoms with E-state index in [4.69, 9.17) is 9.94 Å². The minimum atomic E-state index is -1.31. The number of nitrogens with zero attached hydrogens (tertiary/aromatic N) is 7. The minimum absolute atomic E-state index is 0.0864. The topological polar surface area (TPSA) is 231 Å². The number of anilines is 1. The van der Waals surface area contributed by atoms with Gasteiger partial charge in [0, 0.05) is 23.1 Å². The Labute approximate surface area is 265 Å². The molecule has 20 heteroatoms. The Hall–Kier alpha value is -5.08. The van der Waals surface area contributed by atoms with Crippen LogP contribution in [0.4, 0.5) is 5.13 Å². The van der Waals surface area contributed by atoms with Crippen LogP contribution in [0.1, 0.15) is 12.1 Å². The molecule has 1 unspecified atom stereocenters. The van der Waals surface area contributed by atoms with Gasteiger partial charge in [0.1, 0.15) is 22.8 Å². The molecule has 2 aliphatic rings. The lowest BCUT2D eigenvalue weighted by atomic mass is 10.0. The molecular weight excluding hydrogens is 651 g/mol. The normalized spacial score (nSPS) is 17.9. The number of tetrazole rings is 1. The number of rotatable bonds is 14. The summed E-state index contributed by atoms with van der Waals surface area (Å²) in [7, 11) is 0. The number of hydrogen-bond acceptors (Lipinski definition) is 14. The fraction of sp³-hybridized carbons (Fsp3) is 0.200. The lowest BCUT2D eigenvalue weighted by Crippen LogP contribution is -2.71. The molecule has 232 valence electrons. The fourth-order valence-corrected chi connectivity index (χ4v) is 7.06. The van der Waals surface area contributed by atoms with E-state index in [9.17, 15) is 29.1 Å². The Bertz CT molecular complexity index is 1720. The van der Waals surface area contributed by atoms with E-state index in [2.05, 4.69) is 36.3 Å². The van der Waals surface area contributed by atoms with Crippen LogP contribution in [-0.2, 0) is 24.0 Å². The van der Waals surface area contributed by atoms with Crippen molar-refractivity contribution in [3.05, 3.63) is 58.8 Å². The number of carbonyl (C=O) groups excluding carboxylic acids is 3. The van der Waals surface area contributed by atoms with Crippen molar-refractivity contribution in [3.63, 3.8) is 0 Å². The third-order valence-corrected chi connectivity index (χ3v) is 9.18. The number of carboxylic acids is 2. The number of carboxylic acid groups (broad SMARTS) is 2. The number of thioether (sulfide) groups is 2. The molecule has 2 aliphatic heterocycles. The molecule has 3 amide bonds. The largest absolute Gasteiger partial charge is 0.481 e. The molecular formula is C25H21N9O8S3. The molecule has 5 rings (SSSR count). The van der Waals surface area contributed by atoms with Gasteiger partial charge in [0.05, 0.1) is 6.42 Å². The Balaban J connectivity index is 1.30. The van der Waals surface area contributed by atoms with Crippen LogP contribution in [0.2, 0.25) is 0 Å². The van der Waals surface area contributed by atoms with Crippen LogP contribution < -0.4 is 15.5 Å². The predicted molar refractivity (Wildman–Crippen MR) is 161 cm³/mol. The summed E-state index contributed by atoms with van der Waals surface area (Å²) in [5.41, 5.74) is 0.0605. The van der Waals surface area contributed by atoms with Crippen molar-refractivity contribution in [2.24, 2.45) is 5.16 Å². The lowest BCUT2D eigenvalue weighted by molar-refractivity contribution is -0.150. The van der Waals surface area contributed by atoms with Gasteiger partial charge in [0.15, 0.2) is 16.6 Å². The van der Waals surface area contributed by atoms with Crippen LogP contribution in [0.5, 0.6) is 5.75 Å². The summed E-state index contributed by atoms with van der Waals surface area (Å²) in [5, 5.41) is 40.3. The van der Waals surface area contributed by atoms with Gasteiger partial charge in [-0.05, 0) is 28.1 Å². The zero-order valence-electron chi connectivity index (χ0n) is 22.7. The number of hydrogen-bond donors (Lipinski definition) is 4. The van der Waals surface area contributed by atoms with E-state index in [-0.39, 0.29) is 40.2 Å². The average Bonchev–Trinajstić information content (AvgIpc) is 3.68. The third kappa shape index (κ3) is 7.19. The van der Waals surface area contributed by atoms with Crippen molar-refractivity contribution in [3.8, 4) is 5.75 Å². The zero-order valence-corrected chi connectivity index (χ0v) is 25.1. The smallest absolute Gasteiger partial charge is 0.352 e. The number of amides is 3. The van der Waals surface area contributed by atoms with Gasteiger partial charge in [-0.2, -0.15) is 4.68 Å². The number of aromatic nitrogens is 5. The molecule has 2 atom stereocenters. The second kappa shape index (κ2) is 14.1. The molecule has 0 bridgehead atoms. The van der Waals surface area contributed by atoms with Crippen LogP contribution in [0.15, 0.2) is 63.4 Å². The monoisotopic (exact) mass is 671 g/mol. The second-order valence-electron chi connectivity index (χ2n) is 8.94. The molecule has 0 radical (unpaired) electrons. The van der Waals surface area contributed by atoms with E-state index in [0.29, 0.717) is 22.9 Å². The van der Waals surface area contributed by atoms with E-state index < -0.39 is 35.2 Å². The fourth-order valence-electron chi connectivity index (χ4n) is 4.07. The minimum Gasteiger partial charge on any atom is -0.481 e. The van der Waals surface area contributed by atoms with E-state index in [1.54, 1.807) is 30.3 Å². The van der Waals surface area contributed by atoms with Crippen LogP contribution in [-0.4, -0.2) is 99.1 Å². The molecule has 1 aromatic carbocycles. The van der Waals surface area contributed by atoms with Gasteiger partial charge in [-0.3, -0.25) is 24.1 Å². The third-order valence-electron chi connectivity index (χ3n) is 6.04. The first-order valence-electron chi connectivity index (χ1n) is 12.7. The van der Waals surface area contributed by atoms with Gasteiger partial charge in [-0.1, -0.05) is 41.2 Å². The van der Waals surface area contributed by atoms with E-state index >= 15 is 0 Å². The molecule has 1 saturated heterocycles. The highest BCUT2D eigenvalue weighted by atomic mass is 32.2. The Morgan fingerprint density at radius 1 is 1.22 bits per heavy atom. The van der Waals surface area contributed by atoms with Crippen molar-refractivity contribution in [2.45, 2.75) is 23.0 Å². The van der Waals surface area contributed by atoms with Gasteiger partial charge in [-0.15, -0.1) is 28.2 Å². The first kappa shape index (κ1) is 31.3. The standard InChI is InChI=1S/C25H21N9O8S3/c35-12-26-24-27-15(11-44-24)17(30-42-14-5-2-1-3-6-14)20(38)28-18-21(39)34-19(23(40)41)13(9-43-22(18)34)10-45-25-29-31-32-33(25)8-4-7-16(36)37/h1-6,8,11-12,18,22H,7,9-10H2,(H,28,38)(H,36,37)(H,40,41)(H,26,27,35)/b8-4+,30-17-/t18?,22-/m1/s1. The van der Waals surface area contributed by atoms with E-state index in [0.717, 1.165) is 28.0 Å². The molecule has 2 aromatic heterocycles. The first-order chi connectivity index (χ1) is 21.8. The summed E-state index contributed by atoms with van der Waals surface area (Å²) < 4.78 is 1.26. The van der Waals surface area contributed by atoms with Crippen molar-refractivity contribution in [1.29, 1.82) is 0 Å². The predicted octanol–water partition coefficient (Wildman–Crippen LogP) is 0.957. The number of aliphatic carboxylic acids is 2. The maximum absolute atomic E-state index is 13.4. The average molecular weight is 672 g/mol. The summed E-state index contributed by atoms with van der Waals surface area (Å²) in [5.74, 6) is -3.07. The molecule has 4 heterocycles. The molecule has 1 fully saturated rings. The summed E-state index contributed by atoms with van der Waals surface area (Å²) in [6, 6.07) is 7.38. The lowest BCUT2D eigenvalue weighted by Gasteiger charge is -2.49. The van der Waals surface area contributed by atoms with Crippen molar-refractivity contribution in [2.75, 3.05) is 16.8 Å². The second-order valence-corrected chi connectivity index (χ2v) is 11.8. The Morgan fingerprint density at radius 3 is 2.76 bits per heavy atom. The van der Waals surface area contributed by atoms with Crippen LogP contribution in [0, 0.1) is 0 Å². The number of fused-ring (bicyclic) bond motifs is 1. The highest BCUT2D eigenvalue weighted by molar-refractivity contribution is 8.01. The van der Waals surface area contributed by atoms with Gasteiger partial charge < -0.3 is 25.7 Å². The number of β-lactam (4-membered cyclic amide) rings is 1. The summed E-state index contributed by atoms with van der Waals surface area (Å²) >= 11 is 3.43. The number of thiazole rings is 1.